The highest BCUT2D eigenvalue weighted by molar-refractivity contribution is 4.53. The number of aliphatic hydroxyl groups excluding tert-OH is 1. The van der Waals surface area contributed by atoms with Crippen LogP contribution >= 0.6 is 0 Å². The summed E-state index contributed by atoms with van der Waals surface area (Å²) >= 11 is 0. The van der Waals surface area contributed by atoms with Crippen LogP contribution in [0.3, 0.4) is 0 Å². The molecule has 5 heteroatoms. The summed E-state index contributed by atoms with van der Waals surface area (Å²) in [5.41, 5.74) is 0. The van der Waals surface area contributed by atoms with Crippen LogP contribution in [0, 0.1) is 0 Å². The van der Waals surface area contributed by atoms with Crippen molar-refractivity contribution in [2.24, 2.45) is 0 Å². The van der Waals surface area contributed by atoms with Gasteiger partial charge in [0.15, 0.2) is 0 Å². The molecule has 1 N–H and O–H groups in total. The Kier molecular flexibility index (Phi) is 7.78. The first-order chi connectivity index (χ1) is 6.95. The maximum Gasteiger partial charge on any atom is 0.411 e. The Morgan fingerprint density at radius 2 is 1.87 bits per heavy atom. The first kappa shape index (κ1) is 14.7. The molecule has 0 aromatic rings. The largest absolute Gasteiger partial charge is 0.411 e. The number of halogens is 3. The molecule has 0 aromatic heterocycles. The molecule has 0 radical (unpaired) electrons. The van der Waals surface area contributed by atoms with E-state index in [4.69, 9.17) is 0 Å². The van der Waals surface area contributed by atoms with E-state index in [0.717, 1.165) is 25.7 Å². The van der Waals surface area contributed by atoms with Crippen molar-refractivity contribution >= 4 is 0 Å². The van der Waals surface area contributed by atoms with Crippen molar-refractivity contribution in [2.75, 3.05) is 13.2 Å². The van der Waals surface area contributed by atoms with Crippen LogP contribution in [-0.2, 0) is 4.74 Å². The van der Waals surface area contributed by atoms with Gasteiger partial charge in [-0.25, -0.2) is 0 Å². The van der Waals surface area contributed by atoms with Crippen LogP contribution in [0.4, 0.5) is 13.2 Å². The number of ether oxygens (including phenoxy) is 1. The molecule has 0 amide bonds. The predicted octanol–water partition coefficient (Wildman–Crippen LogP) is 2.90. The summed E-state index contributed by atoms with van der Waals surface area (Å²) in [6.45, 7) is 0.878. The minimum atomic E-state index is -4.22. The van der Waals surface area contributed by atoms with Gasteiger partial charge >= 0.3 is 6.18 Å². The Morgan fingerprint density at radius 3 is 2.40 bits per heavy atom. The Morgan fingerprint density at radius 1 is 1.20 bits per heavy atom. The molecule has 0 aliphatic heterocycles. The van der Waals surface area contributed by atoms with Gasteiger partial charge in [0.1, 0.15) is 6.61 Å². The second kappa shape index (κ2) is 7.93. The van der Waals surface area contributed by atoms with Crippen molar-refractivity contribution < 1.29 is 23.0 Å². The van der Waals surface area contributed by atoms with Gasteiger partial charge in [-0.05, 0) is 19.3 Å². The number of rotatable bonds is 8. The molecule has 0 aromatic carbocycles. The zero-order chi connectivity index (χ0) is 11.7. The number of hydrogen-bond donors (Lipinski definition) is 1. The predicted molar refractivity (Wildman–Crippen MR) is 51.6 cm³/mol. The van der Waals surface area contributed by atoms with E-state index < -0.39 is 12.8 Å². The van der Waals surface area contributed by atoms with Crippen molar-refractivity contribution in [3.8, 4) is 0 Å². The second-order valence-corrected chi connectivity index (χ2v) is 3.58. The van der Waals surface area contributed by atoms with E-state index in [0.29, 0.717) is 6.42 Å². The summed E-state index contributed by atoms with van der Waals surface area (Å²) in [6.07, 6.45) is -0.800. The van der Waals surface area contributed by atoms with Crippen LogP contribution in [0.25, 0.3) is 0 Å². The fraction of sp³-hybridized carbons (Fsp3) is 1.00. The monoisotopic (exact) mass is 228 g/mol. The molecule has 1 unspecified atom stereocenters. The lowest BCUT2D eigenvalue weighted by atomic mass is 10.1. The van der Waals surface area contributed by atoms with Crippen molar-refractivity contribution in [1.29, 1.82) is 0 Å². The first-order valence-corrected chi connectivity index (χ1v) is 5.28. The fourth-order valence-electron chi connectivity index (χ4n) is 1.15. The minimum absolute atomic E-state index is 0.141. The molecular weight excluding hydrogens is 209 g/mol. The van der Waals surface area contributed by atoms with Crippen LogP contribution in [0.15, 0.2) is 0 Å². The standard InChI is InChI=1S/C10H19F3O2/c1-2-9(14)6-4-3-5-7-15-8-10(11,12)13/h9,14H,2-8H2,1H3. The summed E-state index contributed by atoms with van der Waals surface area (Å²) in [7, 11) is 0. The number of aliphatic hydroxyl groups is 1. The molecular formula is C10H19F3O2. The van der Waals surface area contributed by atoms with Gasteiger partial charge in [-0.1, -0.05) is 19.8 Å². The zero-order valence-electron chi connectivity index (χ0n) is 9.02. The van der Waals surface area contributed by atoms with E-state index >= 15 is 0 Å². The van der Waals surface area contributed by atoms with E-state index in [-0.39, 0.29) is 12.7 Å². The summed E-state index contributed by atoms with van der Waals surface area (Å²) in [4.78, 5) is 0. The molecule has 0 fully saturated rings. The molecule has 0 aliphatic rings. The zero-order valence-corrected chi connectivity index (χ0v) is 9.02. The van der Waals surface area contributed by atoms with E-state index in [1.165, 1.54) is 0 Å². The van der Waals surface area contributed by atoms with Gasteiger partial charge in [0, 0.05) is 6.61 Å². The highest BCUT2D eigenvalue weighted by atomic mass is 19.4. The summed E-state index contributed by atoms with van der Waals surface area (Å²) in [5, 5.41) is 9.19. The fourth-order valence-corrected chi connectivity index (χ4v) is 1.15. The maximum atomic E-state index is 11.6. The van der Waals surface area contributed by atoms with E-state index in [1.807, 2.05) is 6.92 Å². The van der Waals surface area contributed by atoms with Gasteiger partial charge in [-0.3, -0.25) is 0 Å². The smallest absolute Gasteiger partial charge is 0.393 e. The van der Waals surface area contributed by atoms with E-state index in [9.17, 15) is 18.3 Å². The quantitative estimate of drug-likeness (QED) is 0.647. The summed E-state index contributed by atoms with van der Waals surface area (Å²) < 4.78 is 39.3. The molecule has 1 atom stereocenters. The minimum Gasteiger partial charge on any atom is -0.393 e. The van der Waals surface area contributed by atoms with Crippen molar-refractivity contribution in [3.05, 3.63) is 0 Å². The average Bonchev–Trinajstić information content (AvgIpc) is 2.14. The van der Waals surface area contributed by atoms with Crippen LogP contribution in [0.1, 0.15) is 39.0 Å². The second-order valence-electron chi connectivity index (χ2n) is 3.58. The first-order valence-electron chi connectivity index (χ1n) is 5.28. The average molecular weight is 228 g/mol. The van der Waals surface area contributed by atoms with Gasteiger partial charge in [0.2, 0.25) is 0 Å². The Hall–Kier alpha value is -0.290. The molecule has 0 spiro atoms. The van der Waals surface area contributed by atoms with E-state index in [2.05, 4.69) is 4.74 Å². The molecule has 0 aliphatic carbocycles. The summed E-state index contributed by atoms with van der Waals surface area (Å²) in [6, 6.07) is 0. The Balaban J connectivity index is 3.12. The third-order valence-corrected chi connectivity index (χ3v) is 2.06. The lowest BCUT2D eigenvalue weighted by Gasteiger charge is -2.08. The highest BCUT2D eigenvalue weighted by Gasteiger charge is 2.27. The molecule has 0 heterocycles. The van der Waals surface area contributed by atoms with Crippen molar-refractivity contribution in [1.82, 2.24) is 0 Å². The number of unbranched alkanes of at least 4 members (excludes halogenated alkanes) is 2. The maximum absolute atomic E-state index is 11.6. The SMILES string of the molecule is CCC(O)CCCCCOCC(F)(F)F. The molecule has 2 nitrogen and oxygen atoms in total. The molecule has 15 heavy (non-hydrogen) atoms. The van der Waals surface area contributed by atoms with Gasteiger partial charge < -0.3 is 9.84 Å². The highest BCUT2D eigenvalue weighted by Crippen LogP contribution is 2.14. The molecule has 0 saturated heterocycles. The van der Waals surface area contributed by atoms with Gasteiger partial charge in [-0.2, -0.15) is 13.2 Å². The van der Waals surface area contributed by atoms with Crippen LogP contribution in [0.2, 0.25) is 0 Å². The van der Waals surface area contributed by atoms with E-state index in [1.54, 1.807) is 0 Å². The topological polar surface area (TPSA) is 29.5 Å². The Labute approximate surface area is 88.4 Å². The van der Waals surface area contributed by atoms with Crippen LogP contribution in [-0.4, -0.2) is 30.6 Å². The number of hydrogen-bond acceptors (Lipinski definition) is 2. The van der Waals surface area contributed by atoms with Gasteiger partial charge in [0.05, 0.1) is 6.10 Å². The molecule has 0 bridgehead atoms. The lowest BCUT2D eigenvalue weighted by molar-refractivity contribution is -0.174. The molecule has 0 saturated carbocycles. The normalized spacial score (nSPS) is 14.2. The van der Waals surface area contributed by atoms with Gasteiger partial charge in [0.25, 0.3) is 0 Å². The van der Waals surface area contributed by atoms with Crippen molar-refractivity contribution in [3.63, 3.8) is 0 Å². The molecule has 92 valence electrons. The third kappa shape index (κ3) is 11.6. The van der Waals surface area contributed by atoms with Crippen LogP contribution < -0.4 is 0 Å². The third-order valence-electron chi connectivity index (χ3n) is 2.06. The van der Waals surface area contributed by atoms with Gasteiger partial charge in [-0.15, -0.1) is 0 Å². The Bertz CT molecular complexity index is 148. The molecule has 0 rings (SSSR count). The lowest BCUT2D eigenvalue weighted by Crippen LogP contribution is -2.17. The van der Waals surface area contributed by atoms with Crippen molar-refractivity contribution in [2.45, 2.75) is 51.3 Å². The number of alkyl halides is 3. The summed E-state index contributed by atoms with van der Waals surface area (Å²) in [5.74, 6) is 0. The van der Waals surface area contributed by atoms with Crippen LogP contribution in [0.5, 0.6) is 0 Å².